The third-order valence-corrected chi connectivity index (χ3v) is 2.29. The molecule has 1 atom stereocenters. The van der Waals surface area contributed by atoms with E-state index in [1.165, 1.54) is 0 Å². The van der Waals surface area contributed by atoms with Gasteiger partial charge in [0.2, 0.25) is 0 Å². The van der Waals surface area contributed by atoms with Crippen molar-refractivity contribution in [2.75, 3.05) is 0 Å². The minimum Gasteiger partial charge on any atom is -0.481 e. The summed E-state index contributed by atoms with van der Waals surface area (Å²) in [6, 6.07) is -1.19. The van der Waals surface area contributed by atoms with Gasteiger partial charge in [0.15, 0.2) is 0 Å². The van der Waals surface area contributed by atoms with Crippen LogP contribution in [0.2, 0.25) is 0 Å². The molecule has 1 fully saturated rings. The van der Waals surface area contributed by atoms with Gasteiger partial charge in [-0.05, 0) is 0 Å². The Hall–Kier alpha value is -1.15. The van der Waals surface area contributed by atoms with Crippen molar-refractivity contribution in [2.45, 2.75) is 12.5 Å². The number of amides is 1. The molecule has 0 aromatic rings. The van der Waals surface area contributed by atoms with Crippen LogP contribution in [0.1, 0.15) is 6.42 Å². The van der Waals surface area contributed by atoms with E-state index in [1.807, 2.05) is 4.72 Å². The normalized spacial score (nSPS) is 26.7. The summed E-state index contributed by atoms with van der Waals surface area (Å²) >= 11 is 0. The monoisotopic (exact) mass is 194 g/mol. The molecular weight excluding hydrogens is 188 g/mol. The Kier molecular flexibility index (Phi) is 2.02. The first-order valence-electron chi connectivity index (χ1n) is 2.96. The first kappa shape index (κ1) is 8.94. The molecule has 68 valence electrons. The van der Waals surface area contributed by atoms with Gasteiger partial charge >= 0.3 is 16.2 Å². The molecule has 0 aliphatic carbocycles. The Labute approximate surface area is 67.9 Å². The van der Waals surface area contributed by atoms with Crippen molar-refractivity contribution in [1.29, 1.82) is 0 Å². The van der Waals surface area contributed by atoms with E-state index in [2.05, 4.69) is 0 Å². The molecule has 0 spiro atoms. The molecule has 3 N–H and O–H groups in total. The van der Waals surface area contributed by atoms with Gasteiger partial charge in [-0.15, -0.1) is 0 Å². The minimum atomic E-state index is -3.80. The SMILES string of the molecule is O=C(O)C[C@H]1NS(=O)(=O)NC1=O. The maximum Gasteiger partial charge on any atom is 0.305 e. The highest BCUT2D eigenvalue weighted by molar-refractivity contribution is 7.88. The molecule has 0 unspecified atom stereocenters. The first-order chi connectivity index (χ1) is 5.41. The Morgan fingerprint density at radius 2 is 2.17 bits per heavy atom. The van der Waals surface area contributed by atoms with Crippen LogP contribution in [0.25, 0.3) is 0 Å². The number of nitrogens with one attached hydrogen (secondary N) is 2. The standard InChI is InChI=1S/C4H6N2O5S/c7-3(8)1-2-4(9)6-12(10,11)5-2/h2,5H,1H2,(H,6,9)(H,7,8)/t2-/m1/s1. The number of hydrogen-bond acceptors (Lipinski definition) is 4. The van der Waals surface area contributed by atoms with Gasteiger partial charge < -0.3 is 5.11 Å². The van der Waals surface area contributed by atoms with Crippen molar-refractivity contribution in [2.24, 2.45) is 0 Å². The topological polar surface area (TPSA) is 113 Å². The summed E-state index contributed by atoms with van der Waals surface area (Å²) < 4.78 is 24.6. The molecule has 1 heterocycles. The summed E-state index contributed by atoms with van der Waals surface area (Å²) in [6.07, 6.45) is -0.551. The van der Waals surface area contributed by atoms with E-state index in [4.69, 9.17) is 5.11 Å². The van der Waals surface area contributed by atoms with Crippen molar-refractivity contribution in [3.8, 4) is 0 Å². The fraction of sp³-hybridized carbons (Fsp3) is 0.500. The highest BCUT2D eigenvalue weighted by Gasteiger charge is 2.35. The van der Waals surface area contributed by atoms with Crippen molar-refractivity contribution >= 4 is 22.1 Å². The van der Waals surface area contributed by atoms with Crippen LogP contribution in [0.3, 0.4) is 0 Å². The van der Waals surface area contributed by atoms with Gasteiger partial charge in [-0.3, -0.25) is 9.59 Å². The lowest BCUT2D eigenvalue weighted by atomic mass is 10.2. The third-order valence-electron chi connectivity index (χ3n) is 1.23. The highest BCUT2D eigenvalue weighted by Crippen LogP contribution is 2.01. The molecule has 0 aromatic heterocycles. The van der Waals surface area contributed by atoms with Gasteiger partial charge in [0.25, 0.3) is 5.91 Å². The lowest BCUT2D eigenvalue weighted by Crippen LogP contribution is -2.31. The van der Waals surface area contributed by atoms with Crippen LogP contribution >= 0.6 is 0 Å². The zero-order valence-corrected chi connectivity index (χ0v) is 6.59. The molecule has 1 aliphatic rings. The Morgan fingerprint density at radius 3 is 2.50 bits per heavy atom. The van der Waals surface area contributed by atoms with E-state index in [-0.39, 0.29) is 0 Å². The summed E-state index contributed by atoms with van der Waals surface area (Å²) in [5, 5.41) is 8.25. The predicted octanol–water partition coefficient (Wildman–Crippen LogP) is -2.21. The van der Waals surface area contributed by atoms with E-state index in [0.717, 1.165) is 0 Å². The van der Waals surface area contributed by atoms with E-state index >= 15 is 0 Å². The second kappa shape index (κ2) is 2.72. The molecule has 0 saturated carbocycles. The van der Waals surface area contributed by atoms with Crippen molar-refractivity contribution in [1.82, 2.24) is 9.44 Å². The fourth-order valence-electron chi connectivity index (χ4n) is 0.783. The summed E-state index contributed by atoms with van der Waals surface area (Å²) in [6.45, 7) is 0. The summed E-state index contributed by atoms with van der Waals surface area (Å²) in [5.41, 5.74) is 0. The van der Waals surface area contributed by atoms with E-state index in [9.17, 15) is 18.0 Å². The molecule has 0 bridgehead atoms. The molecule has 0 aromatic carbocycles. The second-order valence-corrected chi connectivity index (χ2v) is 3.68. The van der Waals surface area contributed by atoms with Crippen molar-refractivity contribution in [3.05, 3.63) is 0 Å². The lowest BCUT2D eigenvalue weighted by molar-refractivity contribution is -0.139. The van der Waals surface area contributed by atoms with E-state index < -0.39 is 34.5 Å². The average molecular weight is 194 g/mol. The molecule has 1 aliphatic heterocycles. The number of rotatable bonds is 2. The van der Waals surface area contributed by atoms with Gasteiger partial charge in [-0.2, -0.15) is 13.1 Å². The molecule has 1 amide bonds. The molecule has 12 heavy (non-hydrogen) atoms. The van der Waals surface area contributed by atoms with Crippen LogP contribution in [0.5, 0.6) is 0 Å². The summed E-state index contributed by atoms with van der Waals surface area (Å²) in [7, 11) is -3.80. The lowest BCUT2D eigenvalue weighted by Gasteiger charge is -1.98. The number of carbonyl (C=O) groups is 2. The maximum absolute atomic E-state index is 10.7. The largest absolute Gasteiger partial charge is 0.481 e. The van der Waals surface area contributed by atoms with Gasteiger partial charge in [-0.1, -0.05) is 0 Å². The van der Waals surface area contributed by atoms with Crippen LogP contribution in [0.15, 0.2) is 0 Å². The molecule has 1 saturated heterocycles. The average Bonchev–Trinajstić information content (AvgIpc) is 2.03. The van der Waals surface area contributed by atoms with Crippen LogP contribution in [-0.4, -0.2) is 31.4 Å². The van der Waals surface area contributed by atoms with Crippen LogP contribution in [0.4, 0.5) is 0 Å². The third kappa shape index (κ3) is 1.92. The molecule has 8 heteroatoms. The van der Waals surface area contributed by atoms with Crippen LogP contribution in [-0.2, 0) is 19.8 Å². The Balaban J connectivity index is 2.71. The summed E-state index contributed by atoms with van der Waals surface area (Å²) in [4.78, 5) is 20.8. The van der Waals surface area contributed by atoms with E-state index in [1.54, 1.807) is 4.72 Å². The van der Waals surface area contributed by atoms with Gasteiger partial charge in [0.1, 0.15) is 6.04 Å². The highest BCUT2D eigenvalue weighted by atomic mass is 32.2. The quantitative estimate of drug-likeness (QED) is 0.461. The molecule has 1 rings (SSSR count). The summed E-state index contributed by atoms with van der Waals surface area (Å²) in [5.74, 6) is -2.07. The Morgan fingerprint density at radius 1 is 1.58 bits per heavy atom. The number of carboxylic acids is 1. The number of aliphatic carboxylic acids is 1. The molecular formula is C4H6N2O5S. The van der Waals surface area contributed by atoms with Gasteiger partial charge in [0, 0.05) is 0 Å². The van der Waals surface area contributed by atoms with Gasteiger partial charge in [0.05, 0.1) is 6.42 Å². The number of carbonyl (C=O) groups excluding carboxylic acids is 1. The second-order valence-electron chi connectivity index (χ2n) is 2.24. The Bertz CT molecular complexity index is 320. The number of hydrogen-bond donors (Lipinski definition) is 3. The minimum absolute atomic E-state index is 0.551. The predicted molar refractivity (Wildman–Crippen MR) is 36.2 cm³/mol. The van der Waals surface area contributed by atoms with E-state index in [0.29, 0.717) is 0 Å². The van der Waals surface area contributed by atoms with Crippen LogP contribution < -0.4 is 9.44 Å². The smallest absolute Gasteiger partial charge is 0.305 e. The first-order valence-corrected chi connectivity index (χ1v) is 4.45. The molecule has 0 radical (unpaired) electrons. The van der Waals surface area contributed by atoms with Crippen molar-refractivity contribution in [3.63, 3.8) is 0 Å². The zero-order chi connectivity index (χ0) is 9.35. The van der Waals surface area contributed by atoms with Crippen molar-refractivity contribution < 1.29 is 23.1 Å². The zero-order valence-electron chi connectivity index (χ0n) is 5.77. The molecule has 7 nitrogen and oxygen atoms in total. The maximum atomic E-state index is 10.7. The fourth-order valence-corrected chi connectivity index (χ4v) is 1.81. The van der Waals surface area contributed by atoms with Gasteiger partial charge in [-0.25, -0.2) is 4.72 Å². The van der Waals surface area contributed by atoms with Crippen LogP contribution in [0, 0.1) is 0 Å². The number of carboxylic acid groups (broad SMARTS) is 1.